The van der Waals surface area contributed by atoms with Gasteiger partial charge >= 0.3 is 0 Å². The molecule has 11 heteroatoms. The molecule has 0 bridgehead atoms. The van der Waals surface area contributed by atoms with E-state index in [-0.39, 0.29) is 42.2 Å². The predicted octanol–water partition coefficient (Wildman–Crippen LogP) is 1.41. The largest absolute Gasteiger partial charge is 0.454 e. The highest BCUT2D eigenvalue weighted by Crippen LogP contribution is 2.32. The van der Waals surface area contributed by atoms with Crippen LogP contribution in [0.1, 0.15) is 5.56 Å². The Hall–Kier alpha value is -2.12. The van der Waals surface area contributed by atoms with Crippen LogP contribution in [0.3, 0.4) is 0 Å². The van der Waals surface area contributed by atoms with Gasteiger partial charge < -0.3 is 19.7 Å². The summed E-state index contributed by atoms with van der Waals surface area (Å²) in [6.07, 6.45) is 2.84. The second kappa shape index (κ2) is 10.6. The van der Waals surface area contributed by atoms with E-state index in [1.165, 1.54) is 18.5 Å². The SMILES string of the molecule is CN=C(NCCNS(=O)(=O)c1cccnc1)N(C)Cc1ccc2c(c1)OCO2.I. The molecule has 9 nitrogen and oxygen atoms in total. The first-order valence-corrected chi connectivity index (χ1v) is 10.2. The summed E-state index contributed by atoms with van der Waals surface area (Å²) < 4.78 is 37.6. The molecule has 0 amide bonds. The van der Waals surface area contributed by atoms with Crippen molar-refractivity contribution < 1.29 is 17.9 Å². The first-order chi connectivity index (χ1) is 13.5. The quantitative estimate of drug-likeness (QED) is 0.240. The van der Waals surface area contributed by atoms with Gasteiger partial charge in [0, 0.05) is 46.1 Å². The predicted molar refractivity (Wildman–Crippen MR) is 120 cm³/mol. The normalized spacial score (nSPS) is 13.0. The lowest BCUT2D eigenvalue weighted by Crippen LogP contribution is -2.42. The molecule has 0 unspecified atom stereocenters. The van der Waals surface area contributed by atoms with Gasteiger partial charge in [0.05, 0.1) is 0 Å². The fourth-order valence-electron chi connectivity index (χ4n) is 2.72. The first-order valence-electron chi connectivity index (χ1n) is 8.69. The Balaban J connectivity index is 0.00000300. The number of fused-ring (bicyclic) bond motifs is 1. The smallest absolute Gasteiger partial charge is 0.242 e. The van der Waals surface area contributed by atoms with Gasteiger partial charge in [0.25, 0.3) is 0 Å². The van der Waals surface area contributed by atoms with Crippen molar-refractivity contribution in [1.29, 1.82) is 0 Å². The van der Waals surface area contributed by atoms with Crippen LogP contribution in [-0.2, 0) is 16.6 Å². The van der Waals surface area contributed by atoms with Crippen LogP contribution in [0.15, 0.2) is 52.6 Å². The number of aliphatic imine (C=N–C) groups is 1. The Kier molecular flexibility index (Phi) is 8.46. The zero-order chi connectivity index (χ0) is 20.0. The third-order valence-corrected chi connectivity index (χ3v) is 5.52. The van der Waals surface area contributed by atoms with E-state index in [4.69, 9.17) is 9.47 Å². The molecule has 1 aliphatic rings. The Labute approximate surface area is 187 Å². The third-order valence-electron chi connectivity index (χ3n) is 4.07. The third kappa shape index (κ3) is 6.18. The van der Waals surface area contributed by atoms with Crippen LogP contribution in [0.2, 0.25) is 0 Å². The molecule has 1 aromatic carbocycles. The minimum absolute atomic E-state index is 0. The summed E-state index contributed by atoms with van der Waals surface area (Å²) in [7, 11) is 0.0100. The average Bonchev–Trinajstić information content (AvgIpc) is 3.16. The molecule has 29 heavy (non-hydrogen) atoms. The monoisotopic (exact) mass is 533 g/mol. The number of halogens is 1. The second-order valence-corrected chi connectivity index (χ2v) is 7.87. The van der Waals surface area contributed by atoms with Crippen LogP contribution in [0, 0.1) is 0 Å². The van der Waals surface area contributed by atoms with Crippen molar-refractivity contribution >= 4 is 40.0 Å². The van der Waals surface area contributed by atoms with Crippen molar-refractivity contribution in [3.8, 4) is 11.5 Å². The maximum atomic E-state index is 12.2. The summed E-state index contributed by atoms with van der Waals surface area (Å²) in [6.45, 7) is 1.45. The minimum atomic E-state index is -3.57. The van der Waals surface area contributed by atoms with Gasteiger partial charge in [-0.25, -0.2) is 13.1 Å². The van der Waals surface area contributed by atoms with E-state index in [0.717, 1.165) is 17.1 Å². The number of nitrogens with one attached hydrogen (secondary N) is 2. The number of benzene rings is 1. The second-order valence-electron chi connectivity index (χ2n) is 6.10. The Morgan fingerprint density at radius 1 is 1.24 bits per heavy atom. The van der Waals surface area contributed by atoms with Crippen LogP contribution < -0.4 is 19.5 Å². The molecule has 0 saturated heterocycles. The summed E-state index contributed by atoms with van der Waals surface area (Å²) in [5.41, 5.74) is 1.05. The number of nitrogens with zero attached hydrogens (tertiary/aromatic N) is 3. The van der Waals surface area contributed by atoms with Crippen molar-refractivity contribution in [2.45, 2.75) is 11.4 Å². The summed E-state index contributed by atoms with van der Waals surface area (Å²) >= 11 is 0. The van der Waals surface area contributed by atoms with Gasteiger partial charge in [0.15, 0.2) is 17.5 Å². The Morgan fingerprint density at radius 3 is 2.76 bits per heavy atom. The van der Waals surface area contributed by atoms with Crippen molar-refractivity contribution in [1.82, 2.24) is 19.9 Å². The van der Waals surface area contributed by atoms with Crippen molar-refractivity contribution in [3.63, 3.8) is 0 Å². The zero-order valence-corrected chi connectivity index (χ0v) is 19.3. The van der Waals surface area contributed by atoms with Gasteiger partial charge in [0.2, 0.25) is 16.8 Å². The number of pyridine rings is 1. The molecule has 0 spiro atoms. The molecule has 3 rings (SSSR count). The van der Waals surface area contributed by atoms with E-state index in [1.807, 2.05) is 30.1 Å². The van der Waals surface area contributed by atoms with Crippen LogP contribution in [0.25, 0.3) is 0 Å². The van der Waals surface area contributed by atoms with E-state index < -0.39 is 10.0 Å². The number of guanidine groups is 1. The molecule has 0 atom stereocenters. The van der Waals surface area contributed by atoms with Gasteiger partial charge in [-0.1, -0.05) is 6.07 Å². The highest BCUT2D eigenvalue weighted by atomic mass is 127. The summed E-state index contributed by atoms with van der Waals surface area (Å²) in [4.78, 5) is 10.1. The van der Waals surface area contributed by atoms with Crippen LogP contribution in [0.4, 0.5) is 0 Å². The maximum Gasteiger partial charge on any atom is 0.242 e. The molecule has 1 aromatic heterocycles. The topological polar surface area (TPSA) is 105 Å². The maximum absolute atomic E-state index is 12.2. The number of sulfonamides is 1. The van der Waals surface area contributed by atoms with Crippen molar-refractivity contribution in [2.24, 2.45) is 4.99 Å². The summed E-state index contributed by atoms with van der Waals surface area (Å²) in [5, 5.41) is 3.14. The molecular formula is C18H24IN5O4S. The highest BCUT2D eigenvalue weighted by molar-refractivity contribution is 14.0. The minimum Gasteiger partial charge on any atom is -0.454 e. The van der Waals surface area contributed by atoms with Gasteiger partial charge in [-0.2, -0.15) is 0 Å². The van der Waals surface area contributed by atoms with Gasteiger partial charge in [-0.15, -0.1) is 24.0 Å². The fourth-order valence-corrected chi connectivity index (χ4v) is 3.72. The number of hydrogen-bond acceptors (Lipinski definition) is 6. The molecule has 0 saturated carbocycles. The zero-order valence-electron chi connectivity index (χ0n) is 16.2. The number of aromatic nitrogens is 1. The molecule has 0 radical (unpaired) electrons. The average molecular weight is 533 g/mol. The standard InChI is InChI=1S/C18H23N5O4S.HI/c1-19-18(21-8-9-22-28(24,25)15-4-3-7-20-11-15)23(2)12-14-5-6-16-17(10-14)27-13-26-16;/h3-7,10-11,22H,8-9,12-13H2,1-2H3,(H,19,21);1H. The van der Waals surface area contributed by atoms with E-state index in [1.54, 1.807) is 13.1 Å². The van der Waals surface area contributed by atoms with Gasteiger partial charge in [-0.3, -0.25) is 9.98 Å². The summed E-state index contributed by atoms with van der Waals surface area (Å²) in [5.74, 6) is 2.13. The number of ether oxygens (including phenoxy) is 2. The molecule has 0 aliphatic carbocycles. The lowest BCUT2D eigenvalue weighted by Gasteiger charge is -2.22. The van der Waals surface area contributed by atoms with E-state index >= 15 is 0 Å². The lowest BCUT2D eigenvalue weighted by molar-refractivity contribution is 0.174. The van der Waals surface area contributed by atoms with Crippen molar-refractivity contribution in [3.05, 3.63) is 48.3 Å². The molecule has 158 valence electrons. The van der Waals surface area contributed by atoms with E-state index in [0.29, 0.717) is 19.0 Å². The molecule has 2 aromatic rings. The Morgan fingerprint density at radius 2 is 2.03 bits per heavy atom. The van der Waals surface area contributed by atoms with E-state index in [9.17, 15) is 8.42 Å². The van der Waals surface area contributed by atoms with Gasteiger partial charge in [0.1, 0.15) is 4.90 Å². The first kappa shape index (κ1) is 23.2. The molecular weight excluding hydrogens is 509 g/mol. The fraction of sp³-hybridized carbons (Fsp3) is 0.333. The number of hydrogen-bond donors (Lipinski definition) is 2. The van der Waals surface area contributed by atoms with Crippen LogP contribution in [0.5, 0.6) is 11.5 Å². The molecule has 0 fully saturated rings. The Bertz CT molecular complexity index is 941. The molecule has 2 heterocycles. The van der Waals surface area contributed by atoms with Crippen molar-refractivity contribution in [2.75, 3.05) is 34.0 Å². The molecule has 1 aliphatic heterocycles. The number of rotatable bonds is 7. The van der Waals surface area contributed by atoms with Crippen LogP contribution >= 0.6 is 24.0 Å². The highest BCUT2D eigenvalue weighted by Gasteiger charge is 2.15. The summed E-state index contributed by atoms with van der Waals surface area (Å²) in [6, 6.07) is 8.88. The van der Waals surface area contributed by atoms with Gasteiger partial charge in [-0.05, 0) is 29.8 Å². The molecule has 2 N–H and O–H groups in total. The van der Waals surface area contributed by atoms with Crippen LogP contribution in [-0.4, -0.2) is 58.2 Å². The lowest BCUT2D eigenvalue weighted by atomic mass is 10.2. The van der Waals surface area contributed by atoms with E-state index in [2.05, 4.69) is 20.0 Å².